The van der Waals surface area contributed by atoms with Crippen LogP contribution in [0.5, 0.6) is 11.5 Å². The van der Waals surface area contributed by atoms with E-state index in [-0.39, 0.29) is 24.1 Å². The maximum absolute atomic E-state index is 13.6. The zero-order valence-electron chi connectivity index (χ0n) is 22.0. The van der Waals surface area contributed by atoms with Crippen molar-refractivity contribution in [2.45, 2.75) is 38.2 Å². The molecule has 1 saturated heterocycles. The van der Waals surface area contributed by atoms with Crippen LogP contribution >= 0.6 is 0 Å². The van der Waals surface area contributed by atoms with E-state index in [2.05, 4.69) is 15.0 Å². The summed E-state index contributed by atoms with van der Waals surface area (Å²) in [6.07, 6.45) is -2.72. The smallest absolute Gasteiger partial charge is 0.482 e. The molecule has 2 unspecified atom stereocenters. The summed E-state index contributed by atoms with van der Waals surface area (Å²) in [7, 11) is 0. The fourth-order valence-corrected chi connectivity index (χ4v) is 5.18. The summed E-state index contributed by atoms with van der Waals surface area (Å²) in [5, 5.41) is 3.09. The van der Waals surface area contributed by atoms with Crippen molar-refractivity contribution in [3.05, 3.63) is 78.4 Å². The number of nitrogens with one attached hydrogen (secondary N) is 1. The predicted molar refractivity (Wildman–Crippen MR) is 144 cm³/mol. The number of ether oxygens (including phenoxy) is 2. The van der Waals surface area contributed by atoms with E-state index in [0.717, 1.165) is 54.8 Å². The third kappa shape index (κ3) is 6.39. The third-order valence-electron chi connectivity index (χ3n) is 7.19. The Morgan fingerprint density at radius 2 is 1.68 bits per heavy atom. The molecule has 2 atom stereocenters. The summed E-state index contributed by atoms with van der Waals surface area (Å²) in [6.45, 7) is 3.68. The number of alkyl halides is 3. The summed E-state index contributed by atoms with van der Waals surface area (Å²) >= 11 is 0. The van der Waals surface area contributed by atoms with E-state index in [1.165, 1.54) is 11.0 Å². The van der Waals surface area contributed by atoms with E-state index in [1.807, 2.05) is 54.6 Å². The molecule has 1 N–H and O–H groups in total. The number of nitrogens with zero attached hydrogens (tertiary/aromatic N) is 2. The molecular weight excluding hydrogens is 523 g/mol. The zero-order chi connectivity index (χ0) is 28.3. The van der Waals surface area contributed by atoms with Gasteiger partial charge >= 0.3 is 6.36 Å². The molecule has 2 amide bonds. The molecule has 5 rings (SSSR count). The van der Waals surface area contributed by atoms with Crippen molar-refractivity contribution in [2.75, 3.05) is 31.1 Å². The average molecular weight is 554 g/mol. The highest BCUT2D eigenvalue weighted by molar-refractivity contribution is 6.04. The molecular formula is C30H30F3N3O4. The minimum absolute atomic E-state index is 0.0453. The lowest BCUT2D eigenvalue weighted by atomic mass is 10.00. The van der Waals surface area contributed by atoms with E-state index in [1.54, 1.807) is 6.92 Å². The molecule has 0 saturated carbocycles. The Labute approximate surface area is 230 Å². The molecule has 210 valence electrons. The van der Waals surface area contributed by atoms with Crippen molar-refractivity contribution in [1.29, 1.82) is 0 Å². The number of hydrogen-bond donors (Lipinski definition) is 1. The minimum Gasteiger partial charge on any atom is -0.482 e. The van der Waals surface area contributed by atoms with Crippen molar-refractivity contribution < 1.29 is 32.2 Å². The summed E-state index contributed by atoms with van der Waals surface area (Å²) in [6, 6.07) is 20.1. The van der Waals surface area contributed by atoms with E-state index < -0.39 is 30.0 Å². The number of rotatable bonds is 8. The number of carbonyl (C=O) groups is 2. The normalized spacial score (nSPS) is 17.1. The molecule has 0 spiro atoms. The van der Waals surface area contributed by atoms with Gasteiger partial charge in [0, 0.05) is 12.6 Å². The Hall–Kier alpha value is -4.05. The molecule has 0 aliphatic carbocycles. The van der Waals surface area contributed by atoms with Gasteiger partial charge < -0.3 is 19.7 Å². The van der Waals surface area contributed by atoms with Crippen molar-refractivity contribution in [3.63, 3.8) is 0 Å². The maximum atomic E-state index is 13.6. The first kappa shape index (κ1) is 27.5. The highest BCUT2D eigenvalue weighted by Crippen LogP contribution is 2.38. The summed E-state index contributed by atoms with van der Waals surface area (Å²) < 4.78 is 47.9. The van der Waals surface area contributed by atoms with Crippen LogP contribution < -0.4 is 19.7 Å². The predicted octanol–water partition coefficient (Wildman–Crippen LogP) is 5.32. The van der Waals surface area contributed by atoms with Crippen LogP contribution in [-0.4, -0.2) is 55.4 Å². The Morgan fingerprint density at radius 1 is 1.00 bits per heavy atom. The van der Waals surface area contributed by atoms with E-state index in [0.29, 0.717) is 6.54 Å². The number of likely N-dealkylation sites (tertiary alicyclic amines) is 1. The van der Waals surface area contributed by atoms with Crippen LogP contribution in [0.25, 0.3) is 11.1 Å². The van der Waals surface area contributed by atoms with Gasteiger partial charge in [-0.1, -0.05) is 54.6 Å². The molecule has 0 aromatic heterocycles. The SMILES string of the molecule is CC(C(=O)NC(CN1CCCC1)c1ccc(-c2ccccc2)cc1)N1C(=O)COc2ccc(OC(F)(F)F)cc21. The lowest BCUT2D eigenvalue weighted by Crippen LogP contribution is -2.52. The molecule has 3 aromatic rings. The topological polar surface area (TPSA) is 71.1 Å². The standard InChI is InChI=1S/C30H30F3N3O4/c1-20(36-26-17-24(40-30(31,32)33)13-14-27(26)39-19-28(36)37)29(38)34-25(18-35-15-5-6-16-35)23-11-9-22(10-12-23)21-7-3-2-4-8-21/h2-4,7-14,17,20,25H,5-6,15-16,18-19H2,1H3,(H,34,38). The first-order valence-electron chi connectivity index (χ1n) is 13.2. The van der Waals surface area contributed by atoms with Crippen LogP contribution in [0.4, 0.5) is 18.9 Å². The van der Waals surface area contributed by atoms with Crippen LogP contribution in [0.2, 0.25) is 0 Å². The molecule has 1 fully saturated rings. The van der Waals surface area contributed by atoms with Crippen LogP contribution in [-0.2, 0) is 9.59 Å². The molecule has 2 aliphatic heterocycles. The monoisotopic (exact) mass is 553 g/mol. The summed E-state index contributed by atoms with van der Waals surface area (Å²) in [4.78, 5) is 29.9. The molecule has 3 aromatic carbocycles. The molecule has 40 heavy (non-hydrogen) atoms. The maximum Gasteiger partial charge on any atom is 0.573 e. The molecule has 0 bridgehead atoms. The van der Waals surface area contributed by atoms with Gasteiger partial charge in [-0.05, 0) is 61.7 Å². The fraction of sp³-hybridized carbons (Fsp3) is 0.333. The summed E-state index contributed by atoms with van der Waals surface area (Å²) in [5.41, 5.74) is 3.10. The van der Waals surface area contributed by atoms with Gasteiger partial charge in [-0.3, -0.25) is 14.5 Å². The second-order valence-corrected chi connectivity index (χ2v) is 9.96. The number of hydrogen-bond acceptors (Lipinski definition) is 5. The lowest BCUT2D eigenvalue weighted by molar-refractivity contribution is -0.274. The van der Waals surface area contributed by atoms with Crippen molar-refractivity contribution >= 4 is 17.5 Å². The molecule has 0 radical (unpaired) electrons. The van der Waals surface area contributed by atoms with Crippen molar-refractivity contribution in [3.8, 4) is 22.6 Å². The highest BCUT2D eigenvalue weighted by Gasteiger charge is 2.36. The largest absolute Gasteiger partial charge is 0.573 e. The van der Waals surface area contributed by atoms with Gasteiger partial charge in [0.2, 0.25) is 5.91 Å². The van der Waals surface area contributed by atoms with Crippen LogP contribution in [0.3, 0.4) is 0 Å². The van der Waals surface area contributed by atoms with Gasteiger partial charge in [-0.2, -0.15) is 0 Å². The second kappa shape index (κ2) is 11.6. The number of halogens is 3. The van der Waals surface area contributed by atoms with Crippen molar-refractivity contribution in [2.24, 2.45) is 0 Å². The number of benzene rings is 3. The van der Waals surface area contributed by atoms with Crippen molar-refractivity contribution in [1.82, 2.24) is 10.2 Å². The molecule has 10 heteroatoms. The zero-order valence-corrected chi connectivity index (χ0v) is 22.0. The first-order valence-corrected chi connectivity index (χ1v) is 13.2. The van der Waals surface area contributed by atoms with Gasteiger partial charge in [0.05, 0.1) is 11.7 Å². The van der Waals surface area contributed by atoms with Gasteiger partial charge in [0.15, 0.2) is 6.61 Å². The second-order valence-electron chi connectivity index (χ2n) is 9.96. The number of carbonyl (C=O) groups excluding carboxylic acids is 2. The molecule has 2 aliphatic rings. The molecule has 2 heterocycles. The van der Waals surface area contributed by atoms with E-state index in [4.69, 9.17) is 4.74 Å². The van der Waals surface area contributed by atoms with E-state index >= 15 is 0 Å². The van der Waals surface area contributed by atoms with Gasteiger partial charge in [-0.25, -0.2) is 0 Å². The summed E-state index contributed by atoms with van der Waals surface area (Å²) in [5.74, 6) is -1.28. The lowest BCUT2D eigenvalue weighted by Gasteiger charge is -2.34. The number of fused-ring (bicyclic) bond motifs is 1. The first-order chi connectivity index (χ1) is 19.2. The molecule has 7 nitrogen and oxygen atoms in total. The number of anilines is 1. The Balaban J connectivity index is 1.38. The average Bonchev–Trinajstić information content (AvgIpc) is 3.45. The highest BCUT2D eigenvalue weighted by atomic mass is 19.4. The van der Waals surface area contributed by atoms with E-state index in [9.17, 15) is 22.8 Å². The van der Waals surface area contributed by atoms with Crippen LogP contribution in [0.15, 0.2) is 72.8 Å². The Bertz CT molecular complexity index is 1340. The quantitative estimate of drug-likeness (QED) is 0.409. The minimum atomic E-state index is -4.90. The van der Waals surface area contributed by atoms with Gasteiger partial charge in [0.25, 0.3) is 5.91 Å². The van der Waals surface area contributed by atoms with Gasteiger partial charge in [-0.15, -0.1) is 13.2 Å². The Kier molecular flexibility index (Phi) is 7.97. The van der Waals surface area contributed by atoms with Gasteiger partial charge in [0.1, 0.15) is 17.5 Å². The fourth-order valence-electron chi connectivity index (χ4n) is 5.18. The third-order valence-corrected chi connectivity index (χ3v) is 7.19. The van der Waals surface area contributed by atoms with Crippen LogP contribution in [0, 0.1) is 0 Å². The van der Waals surface area contributed by atoms with Crippen LogP contribution in [0.1, 0.15) is 31.4 Å². The number of amides is 2. The Morgan fingerprint density at radius 3 is 2.35 bits per heavy atom.